The zero-order valence-corrected chi connectivity index (χ0v) is 34.2. The van der Waals surface area contributed by atoms with Crippen LogP contribution in [0.5, 0.6) is 0 Å². The van der Waals surface area contributed by atoms with Gasteiger partial charge in [0.25, 0.3) is 11.8 Å². The Bertz CT molecular complexity index is 2930. The number of nitrogens with one attached hydrogen (secondary N) is 2. The largest absolute Gasteiger partial charge is 0.416 e. The van der Waals surface area contributed by atoms with E-state index in [0.29, 0.717) is 36.8 Å². The van der Waals surface area contributed by atoms with Crippen molar-refractivity contribution in [3.05, 3.63) is 158 Å². The van der Waals surface area contributed by atoms with Gasteiger partial charge in [-0.05, 0) is 98.3 Å². The number of aromatic nitrogens is 5. The lowest BCUT2D eigenvalue weighted by molar-refractivity contribution is -0.138. The van der Waals surface area contributed by atoms with Crippen LogP contribution in [-0.4, -0.2) is 36.3 Å². The van der Waals surface area contributed by atoms with E-state index < -0.39 is 35.3 Å². The van der Waals surface area contributed by atoms with Gasteiger partial charge in [-0.3, -0.25) is 9.59 Å². The number of nitrogen functional groups attached to an aromatic ring is 2. The van der Waals surface area contributed by atoms with Crippen LogP contribution in [0.1, 0.15) is 69.5 Å². The first-order chi connectivity index (χ1) is 29.3. The zero-order valence-electron chi connectivity index (χ0n) is 32.5. The Morgan fingerprint density at radius 2 is 1.19 bits per heavy atom. The maximum atomic E-state index is 13.5. The van der Waals surface area contributed by atoms with E-state index in [9.17, 15) is 35.9 Å². The molecule has 19 heteroatoms. The summed E-state index contributed by atoms with van der Waals surface area (Å²) in [5.41, 5.74) is 13.7. The van der Waals surface area contributed by atoms with Gasteiger partial charge in [0, 0.05) is 46.0 Å². The van der Waals surface area contributed by atoms with Crippen LogP contribution in [0.15, 0.2) is 97.8 Å². The molecule has 0 saturated heterocycles. The van der Waals surface area contributed by atoms with Gasteiger partial charge in [-0.1, -0.05) is 46.6 Å². The van der Waals surface area contributed by atoms with E-state index >= 15 is 0 Å². The van der Waals surface area contributed by atoms with Crippen molar-refractivity contribution in [1.29, 1.82) is 0 Å². The van der Waals surface area contributed by atoms with E-state index in [0.717, 1.165) is 41.6 Å². The van der Waals surface area contributed by atoms with Gasteiger partial charge in [0.05, 0.1) is 45.3 Å². The molecule has 7 rings (SSSR count). The summed E-state index contributed by atoms with van der Waals surface area (Å²) in [5.74, 6) is 10.5. The molecule has 0 aliphatic heterocycles. The lowest BCUT2D eigenvalue weighted by atomic mass is 10.0. The van der Waals surface area contributed by atoms with Gasteiger partial charge in [-0.2, -0.15) is 26.3 Å². The Labute approximate surface area is 357 Å². The van der Waals surface area contributed by atoms with E-state index in [2.05, 4.69) is 54.3 Å². The number of benzene rings is 3. The van der Waals surface area contributed by atoms with Crippen molar-refractivity contribution < 1.29 is 35.9 Å². The first kappa shape index (κ1) is 44.1. The number of halogens is 6. The van der Waals surface area contributed by atoms with Gasteiger partial charge in [0.2, 0.25) is 0 Å². The standard InChI is InChI=1S/C24H18F3N5OS.C19H13F3N4OS/c1-14-3-4-17(7-16(14)5-6-21-11-29-23(28)34-21)22(33)31-19-8-18(24(25,26)27)9-20(10-19)32-12-15(2)30-13-32;1-11-2-3-13(8-12(11)4-5-15-10-25-18(23)28-15)17(27)26-16-9-14(6-7-24-16)19(20,21)22/h3-4,7-13H,1-2H3,(H2,28,29)(H,31,33);2-3,6-10H,1H3,(H2,23,25)(H,24,26,27). The Morgan fingerprint density at radius 1 is 0.645 bits per heavy atom. The minimum atomic E-state index is -4.59. The molecule has 0 aliphatic rings. The molecule has 4 aromatic heterocycles. The maximum Gasteiger partial charge on any atom is 0.416 e. The van der Waals surface area contributed by atoms with E-state index in [1.165, 1.54) is 39.6 Å². The molecule has 3 aromatic carbocycles. The number of aryl methyl sites for hydroxylation is 3. The Balaban J connectivity index is 0.000000211. The van der Waals surface area contributed by atoms with E-state index in [4.69, 9.17) is 11.5 Å². The summed E-state index contributed by atoms with van der Waals surface area (Å²) in [7, 11) is 0. The molecule has 0 atom stereocenters. The number of anilines is 4. The minimum Gasteiger partial charge on any atom is -0.375 e. The Morgan fingerprint density at radius 3 is 1.68 bits per heavy atom. The van der Waals surface area contributed by atoms with Crippen molar-refractivity contribution in [3.8, 4) is 29.4 Å². The van der Waals surface area contributed by atoms with Gasteiger partial charge < -0.3 is 26.7 Å². The van der Waals surface area contributed by atoms with Crippen LogP contribution in [0.2, 0.25) is 0 Å². The molecule has 4 heterocycles. The summed E-state index contributed by atoms with van der Waals surface area (Å²) >= 11 is 2.49. The predicted molar refractivity (Wildman–Crippen MR) is 226 cm³/mol. The smallest absolute Gasteiger partial charge is 0.375 e. The molecular formula is C43H31F6N9O2S2. The van der Waals surface area contributed by atoms with Gasteiger partial charge in [0.15, 0.2) is 10.3 Å². The number of hydrogen-bond acceptors (Lipinski definition) is 10. The molecule has 314 valence electrons. The van der Waals surface area contributed by atoms with E-state index in [1.807, 2.05) is 13.8 Å². The number of thiazole rings is 2. The molecule has 11 nitrogen and oxygen atoms in total. The number of rotatable bonds is 5. The second-order valence-electron chi connectivity index (χ2n) is 13.2. The summed E-state index contributed by atoms with van der Waals surface area (Å²) in [6.45, 7) is 5.41. The van der Waals surface area contributed by atoms with E-state index in [1.54, 1.807) is 61.9 Å². The summed E-state index contributed by atoms with van der Waals surface area (Å²) in [4.78, 5) is 42.3. The number of amides is 2. The third kappa shape index (κ3) is 11.6. The lowest BCUT2D eigenvalue weighted by Crippen LogP contribution is -2.14. The highest BCUT2D eigenvalue weighted by Crippen LogP contribution is 2.34. The molecular weight excluding hydrogens is 853 g/mol. The highest BCUT2D eigenvalue weighted by Gasteiger charge is 2.32. The number of hydrogen-bond donors (Lipinski definition) is 4. The first-order valence-corrected chi connectivity index (χ1v) is 19.5. The van der Waals surface area contributed by atoms with E-state index in [-0.39, 0.29) is 28.3 Å². The summed E-state index contributed by atoms with van der Waals surface area (Å²) in [6.07, 6.45) is -1.98. The fourth-order valence-corrected chi connectivity index (χ4v) is 6.45. The molecule has 0 radical (unpaired) electrons. The highest BCUT2D eigenvalue weighted by atomic mass is 32.1. The summed E-state index contributed by atoms with van der Waals surface area (Å²) < 4.78 is 80.3. The van der Waals surface area contributed by atoms with Crippen LogP contribution >= 0.6 is 22.7 Å². The van der Waals surface area contributed by atoms with Crippen molar-refractivity contribution in [2.75, 3.05) is 22.1 Å². The third-order valence-electron chi connectivity index (χ3n) is 8.53. The van der Waals surface area contributed by atoms with Crippen LogP contribution in [0.4, 0.5) is 48.1 Å². The lowest BCUT2D eigenvalue weighted by Gasteiger charge is -2.14. The molecule has 0 spiro atoms. The van der Waals surface area contributed by atoms with Crippen molar-refractivity contribution in [2.24, 2.45) is 0 Å². The molecule has 0 bridgehead atoms. The SMILES string of the molecule is Cc1ccc(C(=O)Nc2cc(C(F)(F)F)ccn2)cc1C#Cc1cnc(N)s1.Cc1cn(-c2cc(NC(=O)c3ccc(C)c(C#Cc4cnc(N)s4)c3)cc(C(F)(F)F)c2)cn1. The number of nitrogens with zero attached hydrogens (tertiary/aromatic N) is 5. The van der Waals surface area contributed by atoms with Gasteiger partial charge in [-0.25, -0.2) is 19.9 Å². The normalized spacial score (nSPS) is 11.0. The summed E-state index contributed by atoms with van der Waals surface area (Å²) in [6, 6.07) is 14.7. The van der Waals surface area contributed by atoms with Gasteiger partial charge >= 0.3 is 12.4 Å². The average molecular weight is 884 g/mol. The van der Waals surface area contributed by atoms with Crippen LogP contribution in [0.3, 0.4) is 0 Å². The monoisotopic (exact) mass is 883 g/mol. The maximum absolute atomic E-state index is 13.5. The highest BCUT2D eigenvalue weighted by molar-refractivity contribution is 7.16. The van der Waals surface area contributed by atoms with Crippen LogP contribution in [0.25, 0.3) is 5.69 Å². The number of nitrogens with two attached hydrogens (primary N) is 2. The quantitative estimate of drug-likeness (QED) is 0.0981. The van der Waals surface area contributed by atoms with Crippen molar-refractivity contribution in [1.82, 2.24) is 24.5 Å². The first-order valence-electron chi connectivity index (χ1n) is 17.9. The molecule has 62 heavy (non-hydrogen) atoms. The fraction of sp³-hybridized carbons (Fsp3) is 0.116. The van der Waals surface area contributed by atoms with Crippen LogP contribution < -0.4 is 22.1 Å². The van der Waals surface area contributed by atoms with Crippen LogP contribution in [0, 0.1) is 44.5 Å². The Hall–Kier alpha value is -7.48. The number of imidazole rings is 1. The van der Waals surface area contributed by atoms with Crippen LogP contribution in [-0.2, 0) is 12.4 Å². The number of carbonyl (C=O) groups is 2. The van der Waals surface area contributed by atoms with Crippen molar-refractivity contribution in [2.45, 2.75) is 33.1 Å². The third-order valence-corrected chi connectivity index (χ3v) is 10.0. The second kappa shape index (κ2) is 18.4. The molecule has 0 fully saturated rings. The molecule has 6 N–H and O–H groups in total. The van der Waals surface area contributed by atoms with Crippen molar-refractivity contribution in [3.63, 3.8) is 0 Å². The topological polar surface area (TPSA) is 167 Å². The molecule has 0 unspecified atom stereocenters. The molecule has 7 aromatic rings. The fourth-order valence-electron chi connectivity index (χ4n) is 5.37. The van der Waals surface area contributed by atoms with Crippen molar-refractivity contribution >= 4 is 56.3 Å². The van der Waals surface area contributed by atoms with Gasteiger partial charge in [0.1, 0.15) is 5.82 Å². The number of carbonyl (C=O) groups excluding carboxylic acids is 2. The predicted octanol–water partition coefficient (Wildman–Crippen LogP) is 9.30. The number of pyridine rings is 1. The Kier molecular flexibility index (Phi) is 13.1. The molecule has 0 aliphatic carbocycles. The van der Waals surface area contributed by atoms with Gasteiger partial charge in [-0.15, -0.1) is 0 Å². The molecule has 0 saturated carbocycles. The zero-order chi connectivity index (χ0) is 44.8. The second-order valence-corrected chi connectivity index (χ2v) is 15.3. The number of alkyl halides is 6. The minimum absolute atomic E-state index is 0.00882. The average Bonchev–Trinajstić information content (AvgIpc) is 3.97. The summed E-state index contributed by atoms with van der Waals surface area (Å²) in [5, 5.41) is 5.75. The molecule has 2 amide bonds.